The van der Waals surface area contributed by atoms with Gasteiger partial charge in [0.05, 0.1) is 12.2 Å². The van der Waals surface area contributed by atoms with Crippen LogP contribution in [0, 0.1) is 25.2 Å². The van der Waals surface area contributed by atoms with E-state index in [0.717, 1.165) is 58.8 Å². The number of thiophene rings is 1. The van der Waals surface area contributed by atoms with Crippen molar-refractivity contribution in [3.63, 3.8) is 0 Å². The number of rotatable bonds is 6. The first kappa shape index (κ1) is 24.7. The molecular formula is C28H27N3O5S. The molecule has 1 aliphatic carbocycles. The minimum atomic E-state index is -0.556. The van der Waals surface area contributed by atoms with Gasteiger partial charge in [-0.3, -0.25) is 4.79 Å². The van der Waals surface area contributed by atoms with Crippen molar-refractivity contribution in [3.05, 3.63) is 62.8 Å². The standard InChI is InChI=1S/C28H27N3O5S/c1-4-34-28(33)25-21-7-5-6-8-24(21)37-27(25)30-26(32)19(14-29)12-18-11-16(2)31(17(18)3)20-9-10-22-23(13-20)36-15-35-22/h9-13H,4-8,15H2,1-3H3,(H,30,32)/b19-12-. The number of carbonyl (C=O) groups is 2. The number of nitriles is 1. The molecule has 0 unspecified atom stereocenters. The van der Waals surface area contributed by atoms with Crippen LogP contribution in [-0.2, 0) is 22.4 Å². The predicted molar refractivity (Wildman–Crippen MR) is 141 cm³/mol. The van der Waals surface area contributed by atoms with Gasteiger partial charge >= 0.3 is 5.97 Å². The van der Waals surface area contributed by atoms with Gasteiger partial charge in [-0.25, -0.2) is 4.79 Å². The van der Waals surface area contributed by atoms with E-state index in [2.05, 4.69) is 5.32 Å². The van der Waals surface area contributed by atoms with E-state index in [0.29, 0.717) is 22.1 Å². The zero-order valence-electron chi connectivity index (χ0n) is 21.0. The maximum Gasteiger partial charge on any atom is 0.341 e. The first-order valence-electron chi connectivity index (χ1n) is 12.2. The summed E-state index contributed by atoms with van der Waals surface area (Å²) in [5, 5.41) is 13.1. The second-order valence-electron chi connectivity index (χ2n) is 8.96. The summed E-state index contributed by atoms with van der Waals surface area (Å²) in [6, 6.07) is 9.66. The molecule has 1 N–H and O–H groups in total. The number of benzene rings is 1. The number of hydrogen-bond acceptors (Lipinski definition) is 7. The molecule has 3 aromatic rings. The molecule has 1 amide bonds. The van der Waals surface area contributed by atoms with Crippen LogP contribution in [0.25, 0.3) is 11.8 Å². The Morgan fingerprint density at radius 3 is 2.76 bits per heavy atom. The quantitative estimate of drug-likeness (QED) is 0.264. The van der Waals surface area contributed by atoms with E-state index in [1.54, 1.807) is 13.0 Å². The summed E-state index contributed by atoms with van der Waals surface area (Å²) >= 11 is 1.40. The fraction of sp³-hybridized carbons (Fsp3) is 0.321. The Morgan fingerprint density at radius 1 is 1.19 bits per heavy atom. The molecular weight excluding hydrogens is 490 g/mol. The highest BCUT2D eigenvalue weighted by Gasteiger charge is 2.28. The molecule has 37 heavy (non-hydrogen) atoms. The summed E-state index contributed by atoms with van der Waals surface area (Å²) in [6.45, 7) is 6.10. The Kier molecular flexibility index (Phi) is 6.76. The number of ether oxygens (including phenoxy) is 3. The second kappa shape index (κ2) is 10.1. The first-order chi connectivity index (χ1) is 17.9. The van der Waals surface area contributed by atoms with Gasteiger partial charge in [0.1, 0.15) is 16.6 Å². The summed E-state index contributed by atoms with van der Waals surface area (Å²) in [6.07, 6.45) is 5.27. The molecule has 0 bridgehead atoms. The lowest BCUT2D eigenvalue weighted by atomic mass is 9.95. The Hall–Kier alpha value is -4.03. The fourth-order valence-corrected chi connectivity index (χ4v) is 6.18. The molecule has 190 valence electrons. The highest BCUT2D eigenvalue weighted by molar-refractivity contribution is 7.17. The number of esters is 1. The molecule has 0 fully saturated rings. The van der Waals surface area contributed by atoms with Gasteiger partial charge in [-0.15, -0.1) is 11.3 Å². The van der Waals surface area contributed by atoms with Gasteiger partial charge in [-0.05, 0) is 81.9 Å². The van der Waals surface area contributed by atoms with Crippen LogP contribution in [-0.4, -0.2) is 29.8 Å². The predicted octanol–water partition coefficient (Wildman–Crippen LogP) is 5.49. The molecule has 0 saturated heterocycles. The van der Waals surface area contributed by atoms with E-state index in [1.165, 1.54) is 11.3 Å². The largest absolute Gasteiger partial charge is 0.462 e. The summed E-state index contributed by atoms with van der Waals surface area (Å²) in [5.41, 5.74) is 4.79. The maximum absolute atomic E-state index is 13.2. The van der Waals surface area contributed by atoms with E-state index in [9.17, 15) is 14.9 Å². The number of carbonyl (C=O) groups excluding carboxylic acids is 2. The molecule has 0 atom stereocenters. The van der Waals surface area contributed by atoms with Crippen LogP contribution < -0.4 is 14.8 Å². The third kappa shape index (κ3) is 4.60. The number of anilines is 1. The minimum absolute atomic E-state index is 0.0490. The molecule has 2 aliphatic rings. The van der Waals surface area contributed by atoms with Crippen molar-refractivity contribution in [1.82, 2.24) is 4.57 Å². The van der Waals surface area contributed by atoms with Crippen LogP contribution in [0.1, 0.15) is 57.5 Å². The number of amides is 1. The average Bonchev–Trinajstić information content (AvgIpc) is 3.57. The van der Waals surface area contributed by atoms with Gasteiger partial charge in [-0.1, -0.05) is 0 Å². The number of hydrogen-bond donors (Lipinski definition) is 1. The van der Waals surface area contributed by atoms with E-state index in [1.807, 2.05) is 48.7 Å². The number of nitrogens with zero attached hydrogens (tertiary/aromatic N) is 2. The van der Waals surface area contributed by atoms with Crippen molar-refractivity contribution in [1.29, 1.82) is 5.26 Å². The van der Waals surface area contributed by atoms with Gasteiger partial charge in [0.2, 0.25) is 6.79 Å². The monoisotopic (exact) mass is 517 g/mol. The third-order valence-electron chi connectivity index (χ3n) is 6.63. The lowest BCUT2D eigenvalue weighted by Gasteiger charge is -2.12. The second-order valence-corrected chi connectivity index (χ2v) is 10.1. The summed E-state index contributed by atoms with van der Waals surface area (Å²) in [7, 11) is 0. The molecule has 5 rings (SSSR count). The Morgan fingerprint density at radius 2 is 1.97 bits per heavy atom. The molecule has 0 saturated carbocycles. The van der Waals surface area contributed by atoms with Gasteiger partial charge in [0.15, 0.2) is 11.5 Å². The van der Waals surface area contributed by atoms with Gasteiger partial charge < -0.3 is 24.1 Å². The van der Waals surface area contributed by atoms with Crippen molar-refractivity contribution < 1.29 is 23.8 Å². The highest BCUT2D eigenvalue weighted by atomic mass is 32.1. The summed E-state index contributed by atoms with van der Waals surface area (Å²) in [4.78, 5) is 27.0. The molecule has 1 aliphatic heterocycles. The first-order valence-corrected chi connectivity index (χ1v) is 13.1. The SMILES string of the molecule is CCOC(=O)c1c(NC(=O)/C(C#N)=C\c2cc(C)n(-c3ccc4c(c3)OCO4)c2C)sc2c1CCCC2. The lowest BCUT2D eigenvalue weighted by Crippen LogP contribution is -2.16. The van der Waals surface area contributed by atoms with Crippen molar-refractivity contribution in [2.45, 2.75) is 46.5 Å². The lowest BCUT2D eigenvalue weighted by molar-refractivity contribution is -0.112. The van der Waals surface area contributed by atoms with Crippen molar-refractivity contribution in [2.24, 2.45) is 0 Å². The molecule has 9 heteroatoms. The Labute approximate surface area is 219 Å². The Balaban J connectivity index is 1.45. The summed E-state index contributed by atoms with van der Waals surface area (Å²) in [5.74, 6) is 0.383. The maximum atomic E-state index is 13.2. The van der Waals surface area contributed by atoms with Gasteiger partial charge in [0, 0.05) is 28.0 Å². The number of aryl methyl sites for hydroxylation is 2. The van der Waals surface area contributed by atoms with Gasteiger partial charge in [-0.2, -0.15) is 5.26 Å². The zero-order chi connectivity index (χ0) is 26.1. The molecule has 0 spiro atoms. The van der Waals surface area contributed by atoms with E-state index >= 15 is 0 Å². The number of nitrogens with one attached hydrogen (secondary N) is 1. The molecule has 2 aromatic heterocycles. The fourth-order valence-electron chi connectivity index (χ4n) is 4.90. The van der Waals surface area contributed by atoms with Crippen molar-refractivity contribution >= 4 is 34.3 Å². The van der Waals surface area contributed by atoms with E-state index < -0.39 is 11.9 Å². The molecule has 8 nitrogen and oxygen atoms in total. The van der Waals surface area contributed by atoms with Gasteiger partial charge in [0.25, 0.3) is 5.91 Å². The molecule has 3 heterocycles. The third-order valence-corrected chi connectivity index (χ3v) is 7.83. The normalized spacial score (nSPS) is 14.2. The number of fused-ring (bicyclic) bond motifs is 2. The van der Waals surface area contributed by atoms with Crippen molar-refractivity contribution in [3.8, 4) is 23.3 Å². The highest BCUT2D eigenvalue weighted by Crippen LogP contribution is 2.39. The summed E-state index contributed by atoms with van der Waals surface area (Å²) < 4.78 is 18.2. The van der Waals surface area contributed by atoms with Crippen molar-refractivity contribution in [2.75, 3.05) is 18.7 Å². The smallest absolute Gasteiger partial charge is 0.341 e. The topological polar surface area (TPSA) is 103 Å². The molecule has 0 radical (unpaired) electrons. The zero-order valence-corrected chi connectivity index (χ0v) is 21.8. The van der Waals surface area contributed by atoms with E-state index in [-0.39, 0.29) is 19.0 Å². The Bertz CT molecular complexity index is 1470. The minimum Gasteiger partial charge on any atom is -0.462 e. The van der Waals surface area contributed by atoms with Crippen LogP contribution >= 0.6 is 11.3 Å². The molecule has 1 aromatic carbocycles. The van der Waals surface area contributed by atoms with Crippen LogP contribution in [0.3, 0.4) is 0 Å². The van der Waals surface area contributed by atoms with E-state index in [4.69, 9.17) is 14.2 Å². The van der Waals surface area contributed by atoms with Crippen LogP contribution in [0.15, 0.2) is 29.8 Å². The average molecular weight is 518 g/mol. The van der Waals surface area contributed by atoms with Crippen LogP contribution in [0.5, 0.6) is 11.5 Å². The number of aromatic nitrogens is 1. The van der Waals surface area contributed by atoms with Crippen LogP contribution in [0.2, 0.25) is 0 Å². The van der Waals surface area contributed by atoms with Crippen LogP contribution in [0.4, 0.5) is 5.00 Å².